The van der Waals surface area contributed by atoms with Crippen molar-refractivity contribution in [2.75, 3.05) is 26.7 Å². The number of ether oxygens (including phenoxy) is 1. The van der Waals surface area contributed by atoms with Crippen molar-refractivity contribution in [2.45, 2.75) is 19.4 Å². The summed E-state index contributed by atoms with van der Waals surface area (Å²) in [4.78, 5) is 14.2. The van der Waals surface area contributed by atoms with Crippen molar-refractivity contribution >= 4 is 21.8 Å². The monoisotopic (exact) mass is 340 g/mol. The average Bonchev–Trinajstić information content (AvgIpc) is 2.89. The van der Waals surface area contributed by atoms with Crippen molar-refractivity contribution in [1.29, 1.82) is 0 Å². The van der Waals surface area contributed by atoms with Crippen LogP contribution in [0.15, 0.2) is 28.7 Å². The van der Waals surface area contributed by atoms with Gasteiger partial charge in [0.25, 0.3) is 5.91 Å². The number of halogens is 1. The van der Waals surface area contributed by atoms with E-state index in [0.29, 0.717) is 5.92 Å². The molecule has 1 saturated heterocycles. The molecule has 2 atom stereocenters. The van der Waals surface area contributed by atoms with Crippen LogP contribution in [-0.2, 0) is 4.79 Å². The Balaban J connectivity index is 1.87. The minimum absolute atomic E-state index is 0.0755. The molecular weight excluding hydrogens is 320 g/mol. The van der Waals surface area contributed by atoms with Gasteiger partial charge in [0.1, 0.15) is 5.75 Å². The van der Waals surface area contributed by atoms with Gasteiger partial charge in [0.15, 0.2) is 6.10 Å². The minimum atomic E-state index is -0.440. The van der Waals surface area contributed by atoms with Gasteiger partial charge in [0, 0.05) is 17.6 Å². The van der Waals surface area contributed by atoms with Gasteiger partial charge >= 0.3 is 0 Å². The number of nitrogens with one attached hydrogen (secondary N) is 1. The predicted octanol–water partition coefficient (Wildman–Crippen LogP) is 2.28. The van der Waals surface area contributed by atoms with Crippen LogP contribution in [0.1, 0.15) is 13.3 Å². The number of carbonyl (C=O) groups is 1. The zero-order chi connectivity index (χ0) is 14.5. The molecule has 1 N–H and O–H groups in total. The van der Waals surface area contributed by atoms with Gasteiger partial charge in [-0.15, -0.1) is 0 Å². The Morgan fingerprint density at radius 1 is 1.50 bits per heavy atom. The maximum atomic E-state index is 12.3. The van der Waals surface area contributed by atoms with Crippen LogP contribution in [0, 0.1) is 5.92 Å². The maximum Gasteiger partial charge on any atom is 0.263 e. The Morgan fingerprint density at radius 3 is 2.85 bits per heavy atom. The summed E-state index contributed by atoms with van der Waals surface area (Å²) in [5, 5.41) is 3.17. The summed E-state index contributed by atoms with van der Waals surface area (Å²) in [5.74, 6) is 1.36. The molecule has 5 heteroatoms. The normalized spacial score (nSPS) is 19.9. The molecule has 0 aromatic heterocycles. The molecule has 2 rings (SSSR count). The first-order valence-electron chi connectivity index (χ1n) is 6.95. The second kappa shape index (κ2) is 7.09. The van der Waals surface area contributed by atoms with E-state index in [1.165, 1.54) is 0 Å². The van der Waals surface area contributed by atoms with E-state index in [4.69, 9.17) is 4.74 Å². The first-order chi connectivity index (χ1) is 9.60. The van der Waals surface area contributed by atoms with E-state index in [1.54, 1.807) is 0 Å². The number of benzene rings is 1. The molecule has 110 valence electrons. The molecule has 0 radical (unpaired) electrons. The topological polar surface area (TPSA) is 41.6 Å². The third-order valence-corrected chi connectivity index (χ3v) is 4.09. The van der Waals surface area contributed by atoms with E-state index in [2.05, 4.69) is 21.2 Å². The van der Waals surface area contributed by atoms with E-state index in [-0.39, 0.29) is 5.91 Å². The predicted molar refractivity (Wildman–Crippen MR) is 82.8 cm³/mol. The summed E-state index contributed by atoms with van der Waals surface area (Å²) in [6.45, 7) is 4.44. The van der Waals surface area contributed by atoms with Crippen LogP contribution in [0.5, 0.6) is 5.75 Å². The van der Waals surface area contributed by atoms with Crippen LogP contribution in [0.25, 0.3) is 0 Å². The third kappa shape index (κ3) is 3.96. The van der Waals surface area contributed by atoms with Crippen molar-refractivity contribution in [1.82, 2.24) is 10.2 Å². The fourth-order valence-corrected chi connectivity index (χ4v) is 2.78. The molecular formula is C15H21BrN2O2. The van der Waals surface area contributed by atoms with Crippen LogP contribution in [0.4, 0.5) is 0 Å². The highest BCUT2D eigenvalue weighted by Gasteiger charge is 2.29. The molecule has 1 fully saturated rings. The van der Waals surface area contributed by atoms with Gasteiger partial charge in [0.2, 0.25) is 0 Å². The largest absolute Gasteiger partial charge is 0.481 e. The molecule has 0 saturated carbocycles. The molecule has 1 aliphatic rings. The van der Waals surface area contributed by atoms with Gasteiger partial charge < -0.3 is 15.0 Å². The first-order valence-corrected chi connectivity index (χ1v) is 7.75. The fraction of sp³-hybridized carbons (Fsp3) is 0.533. The molecule has 1 amide bonds. The van der Waals surface area contributed by atoms with E-state index in [9.17, 15) is 4.79 Å². The third-order valence-electron chi connectivity index (χ3n) is 3.56. The van der Waals surface area contributed by atoms with Crippen LogP contribution in [-0.4, -0.2) is 43.6 Å². The van der Waals surface area contributed by atoms with Crippen LogP contribution in [0.3, 0.4) is 0 Å². The number of amides is 1. The second-order valence-electron chi connectivity index (χ2n) is 5.21. The maximum absolute atomic E-state index is 12.3. The van der Waals surface area contributed by atoms with Crippen molar-refractivity contribution in [3.8, 4) is 5.75 Å². The lowest BCUT2D eigenvalue weighted by Gasteiger charge is -2.22. The number of likely N-dealkylation sites (tertiary alicyclic amines) is 1. The van der Waals surface area contributed by atoms with E-state index in [0.717, 1.165) is 36.3 Å². The zero-order valence-electron chi connectivity index (χ0n) is 11.9. The number of hydrogen-bond acceptors (Lipinski definition) is 3. The number of nitrogens with zero attached hydrogens (tertiary/aromatic N) is 1. The summed E-state index contributed by atoms with van der Waals surface area (Å²) in [6.07, 6.45) is 0.627. The Morgan fingerprint density at radius 2 is 2.20 bits per heavy atom. The van der Waals surface area contributed by atoms with E-state index >= 15 is 0 Å². The number of carbonyl (C=O) groups excluding carboxylic acids is 1. The fourth-order valence-electron chi connectivity index (χ4n) is 2.51. The number of hydrogen-bond donors (Lipinski definition) is 1. The molecule has 0 spiro atoms. The Hall–Kier alpha value is -1.07. The Bertz CT molecular complexity index is 450. The lowest BCUT2D eigenvalue weighted by Crippen LogP contribution is -2.39. The molecule has 1 aromatic rings. The minimum Gasteiger partial charge on any atom is -0.481 e. The summed E-state index contributed by atoms with van der Waals surface area (Å²) >= 11 is 3.38. The van der Waals surface area contributed by atoms with Gasteiger partial charge in [-0.05, 0) is 57.1 Å². The Labute approximate surface area is 128 Å². The van der Waals surface area contributed by atoms with Gasteiger partial charge in [-0.1, -0.05) is 15.9 Å². The summed E-state index contributed by atoms with van der Waals surface area (Å²) < 4.78 is 6.71. The number of rotatable bonds is 5. The molecule has 1 aromatic carbocycles. The molecule has 1 heterocycles. The van der Waals surface area contributed by atoms with Crippen molar-refractivity contribution in [3.63, 3.8) is 0 Å². The highest BCUT2D eigenvalue weighted by Crippen LogP contribution is 2.20. The molecule has 0 bridgehead atoms. The summed E-state index contributed by atoms with van der Waals surface area (Å²) in [6, 6.07) is 7.54. The van der Waals surface area contributed by atoms with Crippen molar-refractivity contribution in [2.24, 2.45) is 5.92 Å². The Kier molecular flexibility index (Phi) is 5.43. The molecule has 0 aliphatic carbocycles. The summed E-state index contributed by atoms with van der Waals surface area (Å²) in [7, 11) is 1.95. The smallest absolute Gasteiger partial charge is 0.263 e. The van der Waals surface area contributed by atoms with Crippen LogP contribution >= 0.6 is 15.9 Å². The SMILES string of the molecule is CNCC1CCN(C(=O)C(C)Oc2ccc(Br)cc2)C1. The van der Waals surface area contributed by atoms with Crippen molar-refractivity contribution < 1.29 is 9.53 Å². The molecule has 2 unspecified atom stereocenters. The van der Waals surface area contributed by atoms with E-state index in [1.807, 2.05) is 43.1 Å². The quantitative estimate of drug-likeness (QED) is 0.894. The second-order valence-corrected chi connectivity index (χ2v) is 6.13. The lowest BCUT2D eigenvalue weighted by molar-refractivity contribution is -0.137. The lowest BCUT2D eigenvalue weighted by atomic mass is 10.1. The van der Waals surface area contributed by atoms with Gasteiger partial charge in [-0.25, -0.2) is 0 Å². The highest BCUT2D eigenvalue weighted by molar-refractivity contribution is 9.10. The van der Waals surface area contributed by atoms with Gasteiger partial charge in [-0.3, -0.25) is 4.79 Å². The summed E-state index contributed by atoms with van der Waals surface area (Å²) in [5.41, 5.74) is 0. The van der Waals surface area contributed by atoms with Crippen LogP contribution < -0.4 is 10.1 Å². The standard InChI is InChI=1S/C15H21BrN2O2/c1-11(20-14-5-3-13(16)4-6-14)15(19)18-8-7-12(10-18)9-17-2/h3-6,11-12,17H,7-10H2,1-2H3. The molecule has 1 aliphatic heterocycles. The highest BCUT2D eigenvalue weighted by atomic mass is 79.9. The van der Waals surface area contributed by atoms with Gasteiger partial charge in [-0.2, -0.15) is 0 Å². The zero-order valence-corrected chi connectivity index (χ0v) is 13.5. The van der Waals surface area contributed by atoms with Gasteiger partial charge in [0.05, 0.1) is 0 Å². The van der Waals surface area contributed by atoms with Crippen LogP contribution in [0.2, 0.25) is 0 Å². The molecule has 4 nitrogen and oxygen atoms in total. The van der Waals surface area contributed by atoms with E-state index < -0.39 is 6.10 Å². The molecule has 20 heavy (non-hydrogen) atoms. The van der Waals surface area contributed by atoms with Crippen molar-refractivity contribution in [3.05, 3.63) is 28.7 Å². The average molecular weight is 341 g/mol. The first kappa shape index (κ1) is 15.3.